The van der Waals surface area contributed by atoms with Crippen LogP contribution in [0.1, 0.15) is 20.3 Å². The largest absolute Gasteiger partial charge is 0.481 e. The molecule has 0 aliphatic rings. The van der Waals surface area contributed by atoms with E-state index in [0.29, 0.717) is 0 Å². The summed E-state index contributed by atoms with van der Waals surface area (Å²) in [5.41, 5.74) is 5.03. The summed E-state index contributed by atoms with van der Waals surface area (Å²) in [5.74, 6) is -0.833. The Morgan fingerprint density at radius 3 is 1.45 bits per heavy atom. The van der Waals surface area contributed by atoms with Crippen molar-refractivity contribution in [3.63, 3.8) is 0 Å². The van der Waals surface area contributed by atoms with E-state index in [2.05, 4.69) is 6.92 Å². The Labute approximate surface area is 63.7 Å². The van der Waals surface area contributed by atoms with Gasteiger partial charge in [0.05, 0.1) is 0 Å². The number of hydrogen-bond donors (Lipinski definition) is 2. The van der Waals surface area contributed by atoms with Crippen molar-refractivity contribution in [2.75, 3.05) is 6.54 Å². The maximum absolute atomic E-state index is 9.00. The third-order valence-electron chi connectivity index (χ3n) is 0.289. The zero-order valence-electron chi connectivity index (χ0n) is 6.57. The van der Waals surface area contributed by atoms with Crippen molar-refractivity contribution in [1.29, 1.82) is 0 Å². The van der Waals surface area contributed by atoms with Gasteiger partial charge in [-0.05, 0) is 13.0 Å². The number of halogens is 3. The van der Waals surface area contributed by atoms with E-state index in [1.54, 1.807) is 0 Å². The van der Waals surface area contributed by atoms with E-state index in [0.717, 1.165) is 19.9 Å². The van der Waals surface area contributed by atoms with Gasteiger partial charge in [-0.2, -0.15) is 0 Å². The molecule has 0 amide bonds. The van der Waals surface area contributed by atoms with Crippen LogP contribution in [0.2, 0.25) is 0 Å². The molecule has 0 heterocycles. The van der Waals surface area contributed by atoms with Gasteiger partial charge in [-0.3, -0.25) is 18.9 Å². The predicted octanol–water partition coefficient (Wildman–Crippen LogP) is 0.903. The van der Waals surface area contributed by atoms with Gasteiger partial charge in [-0.15, -0.1) is 0 Å². The molecule has 0 bridgehead atoms. The van der Waals surface area contributed by atoms with Crippen molar-refractivity contribution in [3.8, 4) is 0 Å². The summed E-state index contributed by atoms with van der Waals surface area (Å²) in [6.07, 6.45) is 1.10. The topological polar surface area (TPSA) is 63.3 Å². The van der Waals surface area contributed by atoms with Gasteiger partial charge in [0.15, 0.2) is 0 Å². The average molecular weight is 179 g/mol. The van der Waals surface area contributed by atoms with E-state index in [1.807, 2.05) is 0 Å². The molecule has 0 fully saturated rings. The summed E-state index contributed by atoms with van der Waals surface area (Å²) in [6, 6.07) is 0. The highest BCUT2D eigenvalue weighted by Gasteiger charge is 1.65. The van der Waals surface area contributed by atoms with Crippen molar-refractivity contribution in [3.05, 3.63) is 0 Å². The second-order valence-electron chi connectivity index (χ2n) is 1.31. The van der Waals surface area contributed by atoms with Crippen LogP contribution in [0.15, 0.2) is 0 Å². The third-order valence-corrected chi connectivity index (χ3v) is 0.289. The smallest absolute Gasteiger partial charge is 0.300 e. The normalized spacial score (nSPS) is 5.00. The zero-order valence-corrected chi connectivity index (χ0v) is 6.57. The van der Waals surface area contributed by atoms with E-state index in [9.17, 15) is 0 Å². The van der Waals surface area contributed by atoms with Crippen LogP contribution in [0.4, 0.5) is 14.1 Å². The molecule has 3 nitrogen and oxygen atoms in total. The number of carboxylic acids is 1. The summed E-state index contributed by atoms with van der Waals surface area (Å²) in [5, 5.41) is 7.42. The Bertz CT molecular complexity index is 57.7. The fourth-order valence-corrected chi connectivity index (χ4v) is 0. The molecule has 0 aliphatic heterocycles. The molecule has 0 aromatic heterocycles. The molecule has 0 rings (SSSR count). The van der Waals surface area contributed by atoms with E-state index in [-0.39, 0.29) is 14.1 Å². The second kappa shape index (κ2) is 35.0. The van der Waals surface area contributed by atoms with Crippen molar-refractivity contribution < 1.29 is 24.0 Å². The second-order valence-corrected chi connectivity index (χ2v) is 1.31. The molecule has 0 saturated heterocycles. The number of rotatable bonds is 1. The van der Waals surface area contributed by atoms with Crippen LogP contribution in [0, 0.1) is 0 Å². The van der Waals surface area contributed by atoms with Crippen LogP contribution < -0.4 is 5.73 Å². The fraction of sp³-hybridized carbons (Fsp3) is 0.800. The van der Waals surface area contributed by atoms with E-state index in [4.69, 9.17) is 15.6 Å². The molecular weight excluding hydrogens is 163 g/mol. The lowest BCUT2D eigenvalue weighted by molar-refractivity contribution is -0.134. The number of hydrogen-bond acceptors (Lipinski definition) is 2. The average Bonchev–Trinajstić information content (AvgIpc) is 1.65. The maximum Gasteiger partial charge on any atom is 0.300 e. The van der Waals surface area contributed by atoms with Gasteiger partial charge in [-0.1, -0.05) is 6.92 Å². The molecular formula is C5H16F3NO2. The zero-order chi connectivity index (χ0) is 6.99. The molecule has 6 heteroatoms. The van der Waals surface area contributed by atoms with Gasteiger partial charge in [0.2, 0.25) is 0 Å². The van der Waals surface area contributed by atoms with Crippen molar-refractivity contribution in [1.82, 2.24) is 0 Å². The first-order valence-electron chi connectivity index (χ1n) is 2.54. The quantitative estimate of drug-likeness (QED) is 0.628. The summed E-state index contributed by atoms with van der Waals surface area (Å²) in [6.45, 7) is 3.96. The minimum absolute atomic E-state index is 0. The molecule has 0 saturated carbocycles. The van der Waals surface area contributed by atoms with Gasteiger partial charge < -0.3 is 10.8 Å². The lowest BCUT2D eigenvalue weighted by Gasteiger charge is -1.70. The summed E-state index contributed by atoms with van der Waals surface area (Å²) in [7, 11) is 0. The lowest BCUT2D eigenvalue weighted by Crippen LogP contribution is -1.93. The van der Waals surface area contributed by atoms with Crippen LogP contribution in [-0.4, -0.2) is 17.6 Å². The lowest BCUT2D eigenvalue weighted by atomic mass is 10.5. The standard InChI is InChI=1S/C3H9N.C2H4O2.3FH/c1-2-3-4;1-2(3)4;;;/h2-4H2,1H3;1H3,(H,3,4);3*1H. The summed E-state index contributed by atoms with van der Waals surface area (Å²) < 4.78 is 0. The van der Waals surface area contributed by atoms with Gasteiger partial charge in [0, 0.05) is 6.92 Å². The van der Waals surface area contributed by atoms with Crippen molar-refractivity contribution in [2.24, 2.45) is 5.73 Å². The number of aliphatic carboxylic acids is 1. The molecule has 0 aromatic carbocycles. The van der Waals surface area contributed by atoms with E-state index in [1.165, 1.54) is 0 Å². The first-order valence-corrected chi connectivity index (χ1v) is 2.54. The summed E-state index contributed by atoms with van der Waals surface area (Å²) in [4.78, 5) is 9.00. The molecule has 74 valence electrons. The Morgan fingerprint density at radius 2 is 1.45 bits per heavy atom. The monoisotopic (exact) mass is 179 g/mol. The molecule has 3 N–H and O–H groups in total. The van der Waals surface area contributed by atoms with Gasteiger partial charge in [-0.25, -0.2) is 0 Å². The highest BCUT2D eigenvalue weighted by molar-refractivity contribution is 5.62. The van der Waals surface area contributed by atoms with E-state index >= 15 is 0 Å². The Morgan fingerprint density at radius 1 is 1.36 bits per heavy atom. The van der Waals surface area contributed by atoms with Gasteiger partial charge in [0.25, 0.3) is 5.97 Å². The SMILES string of the molecule is CC(=O)O.CCCN.F.F.F. The third kappa shape index (κ3) is 9930. The number of nitrogens with two attached hydrogens (primary N) is 1. The minimum atomic E-state index is -0.833. The van der Waals surface area contributed by atoms with Crippen LogP contribution in [0.3, 0.4) is 0 Å². The molecule has 11 heavy (non-hydrogen) atoms. The molecule has 0 unspecified atom stereocenters. The molecule has 0 atom stereocenters. The van der Waals surface area contributed by atoms with Crippen LogP contribution >= 0.6 is 0 Å². The Hall–Kier alpha value is -0.780. The maximum atomic E-state index is 9.00. The van der Waals surface area contributed by atoms with Gasteiger partial charge >= 0.3 is 0 Å². The van der Waals surface area contributed by atoms with Gasteiger partial charge in [0.1, 0.15) is 0 Å². The fourth-order valence-electron chi connectivity index (χ4n) is 0. The highest BCUT2D eigenvalue weighted by Crippen LogP contribution is 1.57. The first-order chi connectivity index (χ1) is 3.65. The molecule has 0 spiro atoms. The highest BCUT2D eigenvalue weighted by atomic mass is 19.0. The minimum Gasteiger partial charge on any atom is -0.481 e. The van der Waals surface area contributed by atoms with Crippen LogP contribution in [0.5, 0.6) is 0 Å². The number of carboxylic acid groups (broad SMARTS) is 1. The number of carbonyl (C=O) groups is 1. The Balaban J connectivity index is -0.0000000171. The predicted molar refractivity (Wildman–Crippen MR) is 40.2 cm³/mol. The molecule has 0 radical (unpaired) electrons. The van der Waals surface area contributed by atoms with Crippen molar-refractivity contribution in [2.45, 2.75) is 20.3 Å². The Kier molecular flexibility index (Phi) is 101. The van der Waals surface area contributed by atoms with E-state index < -0.39 is 5.97 Å². The first kappa shape index (κ1) is 31.9. The van der Waals surface area contributed by atoms with Crippen LogP contribution in [-0.2, 0) is 4.79 Å². The van der Waals surface area contributed by atoms with Crippen LogP contribution in [0.25, 0.3) is 0 Å². The molecule has 0 aliphatic carbocycles. The van der Waals surface area contributed by atoms with Crippen molar-refractivity contribution >= 4 is 5.97 Å². The molecule has 0 aromatic rings. The summed E-state index contributed by atoms with van der Waals surface area (Å²) >= 11 is 0.